The smallest absolute Gasteiger partial charge is 0.251 e. The van der Waals surface area contributed by atoms with E-state index < -0.39 is 6.10 Å². The first kappa shape index (κ1) is 15.5. The van der Waals surface area contributed by atoms with Crippen molar-refractivity contribution in [3.05, 3.63) is 29.3 Å². The van der Waals surface area contributed by atoms with E-state index in [0.29, 0.717) is 12.5 Å². The van der Waals surface area contributed by atoms with Crippen molar-refractivity contribution in [2.24, 2.45) is 0 Å². The lowest BCUT2D eigenvalue weighted by atomic mass is 9.99. The van der Waals surface area contributed by atoms with Crippen molar-refractivity contribution in [3.63, 3.8) is 0 Å². The number of nitrogens with zero attached hydrogens (tertiary/aromatic N) is 1. The molecule has 4 nitrogen and oxygen atoms in total. The zero-order chi connectivity index (χ0) is 14.6. The standard InChI is InChI=1S/C15H23NO3/c1-10(2)13-8-12(6-7-14(13)19-5)9-16(4)15(18)11(3)17/h6-8,10-11,17H,9H2,1-5H3. The van der Waals surface area contributed by atoms with Crippen molar-refractivity contribution in [3.8, 4) is 5.75 Å². The molecule has 0 aliphatic carbocycles. The van der Waals surface area contributed by atoms with E-state index in [1.54, 1.807) is 14.2 Å². The largest absolute Gasteiger partial charge is 0.496 e. The molecule has 0 saturated carbocycles. The zero-order valence-electron chi connectivity index (χ0n) is 12.3. The van der Waals surface area contributed by atoms with Crippen LogP contribution in [-0.4, -0.2) is 36.2 Å². The van der Waals surface area contributed by atoms with E-state index in [2.05, 4.69) is 19.9 Å². The number of likely N-dealkylation sites (N-methyl/N-ethyl adjacent to an activating group) is 1. The lowest BCUT2D eigenvalue weighted by Crippen LogP contribution is -2.34. The predicted octanol–water partition coefficient (Wildman–Crippen LogP) is 2.16. The molecular weight excluding hydrogens is 242 g/mol. The van der Waals surface area contributed by atoms with Crippen LogP contribution >= 0.6 is 0 Å². The topological polar surface area (TPSA) is 49.8 Å². The van der Waals surface area contributed by atoms with Crippen molar-refractivity contribution in [2.45, 2.75) is 39.3 Å². The molecule has 1 atom stereocenters. The maximum atomic E-state index is 11.6. The van der Waals surface area contributed by atoms with Crippen LogP contribution in [0.2, 0.25) is 0 Å². The summed E-state index contributed by atoms with van der Waals surface area (Å²) in [4.78, 5) is 13.2. The van der Waals surface area contributed by atoms with Crippen LogP contribution in [0.5, 0.6) is 5.75 Å². The van der Waals surface area contributed by atoms with Gasteiger partial charge in [0.05, 0.1) is 7.11 Å². The van der Waals surface area contributed by atoms with Gasteiger partial charge in [-0.2, -0.15) is 0 Å². The van der Waals surface area contributed by atoms with Gasteiger partial charge in [-0.15, -0.1) is 0 Å². The number of amides is 1. The lowest BCUT2D eigenvalue weighted by molar-refractivity contribution is -0.138. The van der Waals surface area contributed by atoms with E-state index in [0.717, 1.165) is 16.9 Å². The van der Waals surface area contributed by atoms with Crippen molar-refractivity contribution in [1.82, 2.24) is 4.90 Å². The molecule has 19 heavy (non-hydrogen) atoms. The Bertz CT molecular complexity index is 441. The minimum absolute atomic E-state index is 0.276. The minimum Gasteiger partial charge on any atom is -0.496 e. The number of carbonyl (C=O) groups excluding carboxylic acids is 1. The van der Waals surface area contributed by atoms with Crippen LogP contribution in [0.4, 0.5) is 0 Å². The van der Waals surface area contributed by atoms with Crippen LogP contribution in [0.25, 0.3) is 0 Å². The summed E-state index contributed by atoms with van der Waals surface area (Å²) in [5, 5.41) is 9.28. The van der Waals surface area contributed by atoms with Crippen molar-refractivity contribution in [2.75, 3.05) is 14.2 Å². The van der Waals surface area contributed by atoms with Crippen LogP contribution in [0.3, 0.4) is 0 Å². The van der Waals surface area contributed by atoms with E-state index >= 15 is 0 Å². The summed E-state index contributed by atoms with van der Waals surface area (Å²) in [5.41, 5.74) is 2.15. The molecule has 1 aromatic rings. The Morgan fingerprint density at radius 1 is 1.37 bits per heavy atom. The third kappa shape index (κ3) is 3.96. The third-order valence-electron chi connectivity index (χ3n) is 3.07. The second-order valence-corrected chi connectivity index (χ2v) is 5.10. The van der Waals surface area contributed by atoms with Crippen molar-refractivity contribution < 1.29 is 14.6 Å². The molecule has 1 aromatic carbocycles. The van der Waals surface area contributed by atoms with Gasteiger partial charge < -0.3 is 14.7 Å². The summed E-state index contributed by atoms with van der Waals surface area (Å²) in [6.07, 6.45) is -0.965. The Hall–Kier alpha value is -1.55. The molecule has 0 aliphatic rings. The lowest BCUT2D eigenvalue weighted by Gasteiger charge is -2.20. The first-order chi connectivity index (χ1) is 8.86. The highest BCUT2D eigenvalue weighted by Crippen LogP contribution is 2.27. The van der Waals surface area contributed by atoms with Gasteiger partial charge in [0.15, 0.2) is 0 Å². The van der Waals surface area contributed by atoms with Crippen molar-refractivity contribution in [1.29, 1.82) is 0 Å². The summed E-state index contributed by atoms with van der Waals surface area (Å²) in [5.74, 6) is 0.942. The summed E-state index contributed by atoms with van der Waals surface area (Å²) < 4.78 is 5.33. The molecule has 0 radical (unpaired) electrons. The molecule has 1 N–H and O–H groups in total. The van der Waals surface area contributed by atoms with Gasteiger partial charge in [-0.1, -0.05) is 26.0 Å². The summed E-state index contributed by atoms with van der Waals surface area (Å²) in [6, 6.07) is 5.91. The summed E-state index contributed by atoms with van der Waals surface area (Å²) in [6.45, 7) is 6.17. The summed E-state index contributed by atoms with van der Waals surface area (Å²) >= 11 is 0. The van der Waals surface area contributed by atoms with Crippen molar-refractivity contribution >= 4 is 5.91 Å². The summed E-state index contributed by atoms with van der Waals surface area (Å²) in [7, 11) is 3.35. The minimum atomic E-state index is -0.965. The normalized spacial score (nSPS) is 12.4. The number of ether oxygens (including phenoxy) is 1. The van der Waals surface area contributed by atoms with E-state index in [4.69, 9.17) is 4.74 Å². The highest BCUT2D eigenvalue weighted by atomic mass is 16.5. The number of methoxy groups -OCH3 is 1. The fourth-order valence-electron chi connectivity index (χ4n) is 2.00. The SMILES string of the molecule is COc1ccc(CN(C)C(=O)C(C)O)cc1C(C)C. The maximum absolute atomic E-state index is 11.6. The number of benzene rings is 1. The fraction of sp³-hybridized carbons (Fsp3) is 0.533. The second kappa shape index (κ2) is 6.57. The van der Waals surface area contributed by atoms with Crippen LogP contribution in [0.15, 0.2) is 18.2 Å². The molecule has 0 aromatic heterocycles. The molecule has 106 valence electrons. The Balaban J connectivity index is 2.91. The Kier molecular flexibility index (Phi) is 5.36. The Morgan fingerprint density at radius 3 is 2.47 bits per heavy atom. The average molecular weight is 265 g/mol. The van der Waals surface area contributed by atoms with E-state index in [1.807, 2.05) is 12.1 Å². The number of aliphatic hydroxyl groups is 1. The highest BCUT2D eigenvalue weighted by molar-refractivity contribution is 5.79. The van der Waals surface area contributed by atoms with E-state index in [-0.39, 0.29) is 5.91 Å². The fourth-order valence-corrected chi connectivity index (χ4v) is 2.00. The van der Waals surface area contributed by atoms with Gasteiger partial charge in [0.25, 0.3) is 5.91 Å². The Labute approximate surface area is 115 Å². The van der Waals surface area contributed by atoms with Gasteiger partial charge in [-0.25, -0.2) is 0 Å². The molecule has 1 unspecified atom stereocenters. The van der Waals surface area contributed by atoms with Gasteiger partial charge in [0.2, 0.25) is 0 Å². The molecule has 0 bridgehead atoms. The number of hydrogen-bond donors (Lipinski definition) is 1. The van der Waals surface area contributed by atoms with Gasteiger partial charge in [-0.05, 0) is 30.0 Å². The number of aliphatic hydroxyl groups excluding tert-OH is 1. The average Bonchev–Trinajstić information content (AvgIpc) is 2.37. The number of hydrogen-bond acceptors (Lipinski definition) is 3. The molecule has 0 heterocycles. The first-order valence-corrected chi connectivity index (χ1v) is 6.46. The van der Waals surface area contributed by atoms with Gasteiger partial charge in [0, 0.05) is 13.6 Å². The number of carbonyl (C=O) groups is 1. The quantitative estimate of drug-likeness (QED) is 0.887. The molecule has 0 spiro atoms. The molecule has 0 aliphatic heterocycles. The van der Waals surface area contributed by atoms with Crippen LogP contribution in [-0.2, 0) is 11.3 Å². The van der Waals surface area contributed by atoms with Gasteiger partial charge in [-0.3, -0.25) is 4.79 Å². The first-order valence-electron chi connectivity index (χ1n) is 6.46. The van der Waals surface area contributed by atoms with E-state index in [9.17, 15) is 9.90 Å². The van der Waals surface area contributed by atoms with Crippen LogP contribution in [0, 0.1) is 0 Å². The van der Waals surface area contributed by atoms with Gasteiger partial charge >= 0.3 is 0 Å². The predicted molar refractivity (Wildman–Crippen MR) is 75.2 cm³/mol. The molecule has 1 rings (SSSR count). The zero-order valence-corrected chi connectivity index (χ0v) is 12.3. The van der Waals surface area contributed by atoms with E-state index in [1.165, 1.54) is 11.8 Å². The second-order valence-electron chi connectivity index (χ2n) is 5.10. The molecule has 0 fully saturated rings. The molecule has 1 amide bonds. The molecule has 0 saturated heterocycles. The van der Waals surface area contributed by atoms with Gasteiger partial charge in [0.1, 0.15) is 11.9 Å². The van der Waals surface area contributed by atoms with Crippen LogP contribution in [0.1, 0.15) is 37.8 Å². The van der Waals surface area contributed by atoms with Crippen LogP contribution < -0.4 is 4.74 Å². The monoisotopic (exact) mass is 265 g/mol. The third-order valence-corrected chi connectivity index (χ3v) is 3.07. The molecular formula is C15H23NO3. The number of rotatable bonds is 5. The Morgan fingerprint density at radius 2 is 2.00 bits per heavy atom. The maximum Gasteiger partial charge on any atom is 0.251 e. The molecule has 4 heteroatoms. The highest BCUT2D eigenvalue weighted by Gasteiger charge is 2.15.